The molecule has 0 spiro atoms. The van der Waals surface area contributed by atoms with E-state index < -0.39 is 0 Å². The molecule has 0 atom stereocenters. The third-order valence-corrected chi connectivity index (χ3v) is 3.57. The van der Waals surface area contributed by atoms with Gasteiger partial charge in [-0.2, -0.15) is 0 Å². The van der Waals surface area contributed by atoms with Gasteiger partial charge in [0.1, 0.15) is 5.75 Å². The lowest BCUT2D eigenvalue weighted by Crippen LogP contribution is -2.12. The van der Waals surface area contributed by atoms with Gasteiger partial charge in [0.2, 0.25) is 0 Å². The Morgan fingerprint density at radius 1 is 1.26 bits per heavy atom. The Bertz CT molecular complexity index is 643. The van der Waals surface area contributed by atoms with Gasteiger partial charge in [0.15, 0.2) is 0 Å². The van der Waals surface area contributed by atoms with Gasteiger partial charge in [-0.1, -0.05) is 17.7 Å². The van der Waals surface area contributed by atoms with E-state index >= 15 is 0 Å². The molecular formula is C14H11ClINO2. The number of hydrogen-bond donors (Lipinski definition) is 2. The van der Waals surface area contributed by atoms with E-state index in [1.54, 1.807) is 24.3 Å². The zero-order chi connectivity index (χ0) is 14.0. The third-order valence-electron chi connectivity index (χ3n) is 2.57. The summed E-state index contributed by atoms with van der Waals surface area (Å²) in [6.07, 6.45) is 0. The third kappa shape index (κ3) is 3.39. The molecule has 19 heavy (non-hydrogen) atoms. The second kappa shape index (κ2) is 5.79. The number of carbonyl (C=O) groups is 1. The number of phenols is 1. The van der Waals surface area contributed by atoms with Gasteiger partial charge in [-0.15, -0.1) is 0 Å². The summed E-state index contributed by atoms with van der Waals surface area (Å²) in [6, 6.07) is 10.2. The second-order valence-electron chi connectivity index (χ2n) is 4.10. The highest BCUT2D eigenvalue weighted by atomic mass is 127. The maximum absolute atomic E-state index is 12.1. The Morgan fingerprint density at radius 2 is 2.00 bits per heavy atom. The topological polar surface area (TPSA) is 49.3 Å². The largest absolute Gasteiger partial charge is 0.507 e. The summed E-state index contributed by atoms with van der Waals surface area (Å²) in [7, 11) is 0. The summed E-state index contributed by atoms with van der Waals surface area (Å²) in [4.78, 5) is 12.1. The van der Waals surface area contributed by atoms with Crippen LogP contribution in [0.4, 0.5) is 5.69 Å². The second-order valence-corrected chi connectivity index (χ2v) is 5.75. The van der Waals surface area contributed by atoms with Crippen molar-refractivity contribution in [1.29, 1.82) is 0 Å². The maximum atomic E-state index is 12.1. The summed E-state index contributed by atoms with van der Waals surface area (Å²) >= 11 is 8.10. The zero-order valence-electron chi connectivity index (χ0n) is 10.1. The number of rotatable bonds is 2. The van der Waals surface area contributed by atoms with Crippen LogP contribution in [0.5, 0.6) is 5.75 Å². The zero-order valence-corrected chi connectivity index (χ0v) is 13.0. The molecule has 0 heterocycles. The number of aryl methyl sites for hydroxylation is 1. The number of aromatic hydroxyl groups is 1. The van der Waals surface area contributed by atoms with Gasteiger partial charge in [-0.3, -0.25) is 4.79 Å². The number of benzene rings is 2. The number of hydrogen-bond acceptors (Lipinski definition) is 2. The van der Waals surface area contributed by atoms with Crippen molar-refractivity contribution in [2.45, 2.75) is 6.92 Å². The molecule has 2 rings (SSSR count). The van der Waals surface area contributed by atoms with Crippen molar-refractivity contribution >= 4 is 45.8 Å². The number of nitrogens with one attached hydrogen (secondary N) is 1. The molecule has 3 nitrogen and oxygen atoms in total. The summed E-state index contributed by atoms with van der Waals surface area (Å²) in [6.45, 7) is 1.91. The van der Waals surface area contributed by atoms with Crippen LogP contribution >= 0.6 is 34.2 Å². The van der Waals surface area contributed by atoms with E-state index in [9.17, 15) is 9.90 Å². The molecule has 0 radical (unpaired) electrons. The van der Waals surface area contributed by atoms with Crippen LogP contribution in [0.15, 0.2) is 36.4 Å². The Morgan fingerprint density at radius 3 is 2.74 bits per heavy atom. The summed E-state index contributed by atoms with van der Waals surface area (Å²) < 4.78 is 0.871. The van der Waals surface area contributed by atoms with E-state index in [-0.39, 0.29) is 17.2 Å². The average molecular weight is 388 g/mol. The lowest BCUT2D eigenvalue weighted by molar-refractivity contribution is 0.102. The maximum Gasteiger partial charge on any atom is 0.259 e. The van der Waals surface area contributed by atoms with Crippen molar-refractivity contribution in [2.24, 2.45) is 0 Å². The lowest BCUT2D eigenvalue weighted by Gasteiger charge is -2.09. The van der Waals surface area contributed by atoms with Gasteiger partial charge in [0.05, 0.1) is 16.3 Å². The summed E-state index contributed by atoms with van der Waals surface area (Å²) in [5, 5.41) is 12.9. The first-order chi connectivity index (χ1) is 8.97. The minimum atomic E-state index is -0.386. The smallest absolute Gasteiger partial charge is 0.259 e. The SMILES string of the molecule is Cc1ccc(Cl)c(NC(=O)c2cc(I)ccc2O)c1. The molecule has 2 aromatic rings. The van der Waals surface area contributed by atoms with E-state index in [1.807, 2.05) is 13.0 Å². The highest BCUT2D eigenvalue weighted by Gasteiger charge is 2.13. The molecule has 0 unspecified atom stereocenters. The monoisotopic (exact) mass is 387 g/mol. The van der Waals surface area contributed by atoms with Gasteiger partial charge >= 0.3 is 0 Å². The normalized spacial score (nSPS) is 10.3. The van der Waals surface area contributed by atoms with Crippen molar-refractivity contribution in [3.8, 4) is 5.75 Å². The van der Waals surface area contributed by atoms with Crippen LogP contribution < -0.4 is 5.32 Å². The van der Waals surface area contributed by atoms with Crippen LogP contribution in [0.25, 0.3) is 0 Å². The Balaban J connectivity index is 2.30. The predicted molar refractivity (Wildman–Crippen MR) is 85.0 cm³/mol. The highest BCUT2D eigenvalue weighted by Crippen LogP contribution is 2.25. The molecule has 0 saturated carbocycles. The van der Waals surface area contributed by atoms with E-state index in [1.165, 1.54) is 6.07 Å². The number of halogens is 2. The molecule has 0 aliphatic heterocycles. The fraction of sp³-hybridized carbons (Fsp3) is 0.0714. The van der Waals surface area contributed by atoms with Crippen LogP contribution in [0.2, 0.25) is 5.02 Å². The van der Waals surface area contributed by atoms with Crippen LogP contribution in [-0.4, -0.2) is 11.0 Å². The Hall–Kier alpha value is -1.27. The first-order valence-corrected chi connectivity index (χ1v) is 6.99. The van der Waals surface area contributed by atoms with Crippen molar-refractivity contribution < 1.29 is 9.90 Å². The quantitative estimate of drug-likeness (QED) is 0.758. The fourth-order valence-electron chi connectivity index (χ4n) is 1.61. The highest BCUT2D eigenvalue weighted by molar-refractivity contribution is 14.1. The lowest BCUT2D eigenvalue weighted by atomic mass is 10.1. The van der Waals surface area contributed by atoms with Crippen molar-refractivity contribution in [2.75, 3.05) is 5.32 Å². The number of phenolic OH excluding ortho intramolecular Hbond substituents is 1. The van der Waals surface area contributed by atoms with Gasteiger partial charge in [-0.05, 0) is 65.4 Å². The molecule has 0 fully saturated rings. The molecule has 0 aliphatic carbocycles. The molecule has 0 bridgehead atoms. The molecule has 98 valence electrons. The average Bonchev–Trinajstić information content (AvgIpc) is 2.36. The number of anilines is 1. The summed E-state index contributed by atoms with van der Waals surface area (Å²) in [5.41, 5.74) is 1.75. The van der Waals surface area contributed by atoms with E-state index in [0.717, 1.165) is 9.13 Å². The minimum absolute atomic E-state index is 0.0540. The van der Waals surface area contributed by atoms with E-state index in [4.69, 9.17) is 11.6 Å². The van der Waals surface area contributed by atoms with Gasteiger partial charge in [-0.25, -0.2) is 0 Å². The van der Waals surface area contributed by atoms with Gasteiger partial charge < -0.3 is 10.4 Å². The van der Waals surface area contributed by atoms with Crippen molar-refractivity contribution in [3.63, 3.8) is 0 Å². The fourth-order valence-corrected chi connectivity index (χ4v) is 2.27. The van der Waals surface area contributed by atoms with E-state index in [2.05, 4.69) is 27.9 Å². The van der Waals surface area contributed by atoms with Gasteiger partial charge in [0.25, 0.3) is 5.91 Å². The molecule has 1 amide bonds. The molecular weight excluding hydrogens is 377 g/mol. The van der Waals surface area contributed by atoms with Gasteiger partial charge in [0, 0.05) is 3.57 Å². The molecule has 5 heteroatoms. The Labute approximate surface area is 129 Å². The predicted octanol–water partition coefficient (Wildman–Crippen LogP) is 4.21. The number of carbonyl (C=O) groups excluding carboxylic acids is 1. The molecule has 0 aromatic heterocycles. The molecule has 0 saturated heterocycles. The van der Waals surface area contributed by atoms with E-state index in [0.29, 0.717) is 10.7 Å². The molecule has 0 aliphatic rings. The minimum Gasteiger partial charge on any atom is -0.507 e. The Kier molecular flexibility index (Phi) is 4.31. The number of amides is 1. The standard InChI is InChI=1S/C14H11ClINO2/c1-8-2-4-11(15)12(6-8)17-14(19)10-7-9(16)3-5-13(10)18/h2-7,18H,1H3,(H,17,19). The van der Waals surface area contributed by atoms with Crippen LogP contribution in [0.1, 0.15) is 15.9 Å². The van der Waals surface area contributed by atoms with Crippen molar-refractivity contribution in [1.82, 2.24) is 0 Å². The van der Waals surface area contributed by atoms with Crippen molar-refractivity contribution in [3.05, 3.63) is 56.1 Å². The first-order valence-electron chi connectivity index (χ1n) is 5.53. The van der Waals surface area contributed by atoms with Crippen LogP contribution in [0, 0.1) is 10.5 Å². The molecule has 2 N–H and O–H groups in total. The summed E-state index contributed by atoms with van der Waals surface area (Å²) in [5.74, 6) is -0.440. The van der Waals surface area contributed by atoms with Crippen LogP contribution in [-0.2, 0) is 0 Å². The van der Waals surface area contributed by atoms with Crippen LogP contribution in [0.3, 0.4) is 0 Å². The first kappa shape index (κ1) is 14.1. The molecule has 2 aromatic carbocycles.